The average Bonchev–Trinajstić information content (AvgIpc) is 2.44. The van der Waals surface area contributed by atoms with E-state index >= 15 is 0 Å². The van der Waals surface area contributed by atoms with E-state index in [0.717, 1.165) is 0 Å². The van der Waals surface area contributed by atoms with Gasteiger partial charge in [0.25, 0.3) is 0 Å². The average molecular weight is 181 g/mol. The molecule has 0 fully saturated rings. The Hall–Kier alpha value is -1.58. The summed E-state index contributed by atoms with van der Waals surface area (Å²) >= 11 is 0. The first-order chi connectivity index (χ1) is 6.27. The van der Waals surface area contributed by atoms with Gasteiger partial charge in [-0.25, -0.2) is 9.79 Å². The van der Waals surface area contributed by atoms with Gasteiger partial charge in [0.15, 0.2) is 5.70 Å². The lowest BCUT2D eigenvalue weighted by atomic mass is 10.5. The molecule has 0 spiro atoms. The van der Waals surface area contributed by atoms with E-state index < -0.39 is 5.97 Å². The van der Waals surface area contributed by atoms with Crippen LogP contribution in [0.5, 0.6) is 0 Å². The molecule has 4 heteroatoms. The highest BCUT2D eigenvalue weighted by atomic mass is 16.6. The Kier molecular flexibility index (Phi) is 3.25. The zero-order valence-corrected chi connectivity index (χ0v) is 7.61. The molecule has 1 aliphatic rings. The number of cyclic esters (lactones) is 1. The third-order valence-electron chi connectivity index (χ3n) is 1.31. The molecule has 0 aromatic rings. The molecule has 0 aliphatic carbocycles. The minimum Gasteiger partial charge on any atom is -0.499 e. The Labute approximate surface area is 76.6 Å². The molecular formula is C9H11NO3. The molecule has 0 saturated carbocycles. The third-order valence-corrected chi connectivity index (χ3v) is 1.31. The van der Waals surface area contributed by atoms with Crippen molar-refractivity contribution in [3.8, 4) is 0 Å². The lowest BCUT2D eigenvalue weighted by Gasteiger charge is -1.92. The van der Waals surface area contributed by atoms with Crippen LogP contribution >= 0.6 is 0 Å². The maximum Gasteiger partial charge on any atom is 0.367 e. The van der Waals surface area contributed by atoms with Gasteiger partial charge in [0, 0.05) is 0 Å². The molecule has 0 atom stereocenters. The number of hydrogen-bond donors (Lipinski definition) is 0. The minimum absolute atomic E-state index is 0.204. The van der Waals surface area contributed by atoms with Gasteiger partial charge >= 0.3 is 5.97 Å². The molecule has 0 N–H and O–H groups in total. The second kappa shape index (κ2) is 4.45. The summed E-state index contributed by atoms with van der Waals surface area (Å²) in [4.78, 5) is 14.9. The van der Waals surface area contributed by atoms with Gasteiger partial charge in [-0.3, -0.25) is 0 Å². The Balaban J connectivity index is 2.71. The number of carbonyl (C=O) groups is 1. The van der Waals surface area contributed by atoms with Crippen LogP contribution < -0.4 is 0 Å². The van der Waals surface area contributed by atoms with Gasteiger partial charge in [0.1, 0.15) is 6.26 Å². The molecule has 1 heterocycles. The first-order valence-corrected chi connectivity index (χ1v) is 4.03. The van der Waals surface area contributed by atoms with Crippen molar-refractivity contribution in [2.75, 3.05) is 6.61 Å². The smallest absolute Gasteiger partial charge is 0.367 e. The number of esters is 1. The standard InChI is InChI=1S/C9H11NO3/c1-3-5-8-10-7(6-12-4-2)9(11)13-8/h3,5-6H,4H2,1-2H3/b5-3-,7-6-. The number of rotatable bonds is 3. The highest BCUT2D eigenvalue weighted by molar-refractivity contribution is 6.08. The summed E-state index contributed by atoms with van der Waals surface area (Å²) in [6.07, 6.45) is 4.67. The number of allylic oxidation sites excluding steroid dienone is 1. The molecule has 13 heavy (non-hydrogen) atoms. The van der Waals surface area contributed by atoms with Gasteiger partial charge in [0.05, 0.1) is 6.61 Å². The second-order valence-corrected chi connectivity index (χ2v) is 2.30. The fourth-order valence-corrected chi connectivity index (χ4v) is 0.785. The van der Waals surface area contributed by atoms with Crippen LogP contribution in [0.4, 0.5) is 0 Å². The van der Waals surface area contributed by atoms with Crippen LogP contribution in [0.3, 0.4) is 0 Å². The SMILES string of the molecule is C/C=C\C1=NC(=C\OCC)/C(=O)O1. The Morgan fingerprint density at radius 1 is 1.62 bits per heavy atom. The number of ether oxygens (including phenoxy) is 2. The van der Waals surface area contributed by atoms with Gasteiger partial charge in [-0.05, 0) is 19.9 Å². The first-order valence-electron chi connectivity index (χ1n) is 4.03. The van der Waals surface area contributed by atoms with Crippen LogP contribution in [0.25, 0.3) is 0 Å². The van der Waals surface area contributed by atoms with Crippen LogP contribution in [0.2, 0.25) is 0 Å². The van der Waals surface area contributed by atoms with Crippen LogP contribution in [0.1, 0.15) is 13.8 Å². The largest absolute Gasteiger partial charge is 0.499 e. The van der Waals surface area contributed by atoms with Gasteiger partial charge in [-0.2, -0.15) is 0 Å². The van der Waals surface area contributed by atoms with Crippen molar-refractivity contribution < 1.29 is 14.3 Å². The van der Waals surface area contributed by atoms with Gasteiger partial charge in [0.2, 0.25) is 5.90 Å². The Bertz CT molecular complexity index is 289. The van der Waals surface area contributed by atoms with E-state index in [2.05, 4.69) is 4.99 Å². The van der Waals surface area contributed by atoms with E-state index in [1.165, 1.54) is 6.26 Å². The topological polar surface area (TPSA) is 47.9 Å². The van der Waals surface area contributed by atoms with Crippen molar-refractivity contribution in [2.24, 2.45) is 4.99 Å². The number of carbonyl (C=O) groups excluding carboxylic acids is 1. The van der Waals surface area contributed by atoms with E-state index in [1.807, 2.05) is 13.8 Å². The summed E-state index contributed by atoms with van der Waals surface area (Å²) in [5.41, 5.74) is 0.204. The molecule has 0 saturated heterocycles. The minimum atomic E-state index is -0.471. The van der Waals surface area contributed by atoms with Crippen LogP contribution in [-0.2, 0) is 14.3 Å². The molecule has 0 aromatic carbocycles. The molecule has 0 radical (unpaired) electrons. The van der Waals surface area contributed by atoms with E-state index in [9.17, 15) is 4.79 Å². The molecule has 1 rings (SSSR count). The fourth-order valence-electron chi connectivity index (χ4n) is 0.785. The van der Waals surface area contributed by atoms with Crippen molar-refractivity contribution >= 4 is 11.9 Å². The molecule has 1 aliphatic heterocycles. The first kappa shape index (κ1) is 9.51. The lowest BCUT2D eigenvalue weighted by molar-refractivity contribution is -0.130. The maximum atomic E-state index is 11.0. The van der Waals surface area contributed by atoms with E-state index in [1.54, 1.807) is 12.2 Å². The van der Waals surface area contributed by atoms with Gasteiger partial charge < -0.3 is 9.47 Å². The monoisotopic (exact) mass is 181 g/mol. The summed E-state index contributed by atoms with van der Waals surface area (Å²) < 4.78 is 9.71. The zero-order valence-electron chi connectivity index (χ0n) is 7.61. The molecule has 70 valence electrons. The van der Waals surface area contributed by atoms with Crippen molar-refractivity contribution in [3.05, 3.63) is 24.1 Å². The quantitative estimate of drug-likeness (QED) is 0.375. The van der Waals surface area contributed by atoms with Gasteiger partial charge in [-0.1, -0.05) is 6.08 Å². The maximum absolute atomic E-state index is 11.0. The van der Waals surface area contributed by atoms with Crippen LogP contribution in [-0.4, -0.2) is 18.5 Å². The molecule has 4 nitrogen and oxygen atoms in total. The summed E-state index contributed by atoms with van der Waals surface area (Å²) in [5, 5.41) is 0. The predicted octanol–water partition coefficient (Wildman–Crippen LogP) is 1.40. The number of nitrogens with zero attached hydrogens (tertiary/aromatic N) is 1. The van der Waals surface area contributed by atoms with Gasteiger partial charge in [-0.15, -0.1) is 0 Å². The van der Waals surface area contributed by atoms with E-state index in [0.29, 0.717) is 12.5 Å². The van der Waals surface area contributed by atoms with Crippen molar-refractivity contribution in [1.82, 2.24) is 0 Å². The normalized spacial score (nSPS) is 19.4. The highest BCUT2D eigenvalue weighted by Crippen LogP contribution is 2.11. The Morgan fingerprint density at radius 3 is 3.00 bits per heavy atom. The van der Waals surface area contributed by atoms with E-state index in [4.69, 9.17) is 9.47 Å². The highest BCUT2D eigenvalue weighted by Gasteiger charge is 2.21. The number of hydrogen-bond acceptors (Lipinski definition) is 4. The lowest BCUT2D eigenvalue weighted by Crippen LogP contribution is -2.01. The second-order valence-electron chi connectivity index (χ2n) is 2.30. The third kappa shape index (κ3) is 2.43. The molecule has 0 unspecified atom stereocenters. The van der Waals surface area contributed by atoms with Crippen LogP contribution in [0.15, 0.2) is 29.1 Å². The summed E-state index contributed by atoms with van der Waals surface area (Å²) in [7, 11) is 0. The predicted molar refractivity (Wildman–Crippen MR) is 48.1 cm³/mol. The van der Waals surface area contributed by atoms with E-state index in [-0.39, 0.29) is 5.70 Å². The zero-order chi connectivity index (χ0) is 9.68. The fraction of sp³-hybridized carbons (Fsp3) is 0.333. The van der Waals surface area contributed by atoms with Crippen LogP contribution in [0, 0.1) is 0 Å². The number of aliphatic imine (C=N–C) groups is 1. The summed E-state index contributed by atoms with van der Waals surface area (Å²) in [6, 6.07) is 0. The molecular weight excluding hydrogens is 170 g/mol. The summed E-state index contributed by atoms with van der Waals surface area (Å²) in [6.45, 7) is 4.15. The molecule has 0 amide bonds. The van der Waals surface area contributed by atoms with Crippen molar-refractivity contribution in [2.45, 2.75) is 13.8 Å². The molecule has 0 aromatic heterocycles. The van der Waals surface area contributed by atoms with Crippen molar-refractivity contribution in [3.63, 3.8) is 0 Å². The van der Waals surface area contributed by atoms with Crippen molar-refractivity contribution in [1.29, 1.82) is 0 Å². The Morgan fingerprint density at radius 2 is 2.38 bits per heavy atom. The summed E-state index contributed by atoms with van der Waals surface area (Å²) in [5.74, 6) is -0.167. The molecule has 0 bridgehead atoms.